The summed E-state index contributed by atoms with van der Waals surface area (Å²) in [7, 11) is 0. The summed E-state index contributed by atoms with van der Waals surface area (Å²) in [5, 5.41) is 5.04. The number of hydrogen-bond donors (Lipinski definition) is 1. The molecule has 6 nitrogen and oxygen atoms in total. The van der Waals surface area contributed by atoms with Gasteiger partial charge in [-0.25, -0.2) is 4.90 Å². The summed E-state index contributed by atoms with van der Waals surface area (Å²) in [5.74, 6) is -0.128. The van der Waals surface area contributed by atoms with Crippen molar-refractivity contribution in [2.75, 3.05) is 11.2 Å². The Kier molecular flexibility index (Phi) is 4.08. The van der Waals surface area contributed by atoms with E-state index in [1.54, 1.807) is 21.7 Å². The maximum Gasteiger partial charge on any atom is 0.325 e. The van der Waals surface area contributed by atoms with Gasteiger partial charge < -0.3 is 0 Å². The van der Waals surface area contributed by atoms with Crippen molar-refractivity contribution in [2.24, 2.45) is 0 Å². The molecule has 1 aliphatic rings. The number of amides is 1. The number of nitrogens with one attached hydrogen (secondary N) is 1. The van der Waals surface area contributed by atoms with E-state index in [9.17, 15) is 9.59 Å². The largest absolute Gasteiger partial charge is 0.325 e. The van der Waals surface area contributed by atoms with Gasteiger partial charge in [0, 0.05) is 17.6 Å². The fraction of sp³-hybridized carbons (Fsp3) is 0.158. The van der Waals surface area contributed by atoms with Crippen molar-refractivity contribution in [3.8, 4) is 11.3 Å². The molecule has 0 spiro atoms. The zero-order valence-electron chi connectivity index (χ0n) is 14.3. The molecule has 0 fully saturated rings. The number of hydrogen-bond acceptors (Lipinski definition) is 4. The standard InChI is InChI=1S/C19H16N4O2S/c1-12-22(18(25)13-8-4-3-5-9-13)15-11-7-6-10-14(15)16-17(24)20-19(26-2)21-23(12)16/h3-12H,1-2H3/p+1/t12-/m0/s1. The lowest BCUT2D eigenvalue weighted by Gasteiger charge is -2.30. The van der Waals surface area contributed by atoms with E-state index >= 15 is 0 Å². The molecule has 0 saturated heterocycles. The number of carbonyl (C=O) groups is 1. The molecule has 4 rings (SSSR count). The highest BCUT2D eigenvalue weighted by atomic mass is 32.2. The molecule has 26 heavy (non-hydrogen) atoms. The van der Waals surface area contributed by atoms with Gasteiger partial charge in [0.1, 0.15) is 0 Å². The number of aromatic nitrogens is 3. The molecule has 0 bridgehead atoms. The van der Waals surface area contributed by atoms with Crippen LogP contribution in [0.15, 0.2) is 64.5 Å². The maximum absolute atomic E-state index is 13.2. The molecule has 1 N–H and O–H groups in total. The van der Waals surface area contributed by atoms with Crippen LogP contribution >= 0.6 is 11.8 Å². The van der Waals surface area contributed by atoms with Crippen LogP contribution in [-0.4, -0.2) is 22.2 Å². The number of anilines is 1. The zero-order chi connectivity index (χ0) is 18.3. The van der Waals surface area contributed by atoms with Crippen molar-refractivity contribution in [3.05, 3.63) is 70.5 Å². The van der Waals surface area contributed by atoms with Crippen LogP contribution < -0.4 is 15.1 Å². The van der Waals surface area contributed by atoms with Gasteiger partial charge in [-0.05, 0) is 30.5 Å². The van der Waals surface area contributed by atoms with E-state index in [0.29, 0.717) is 27.7 Å². The topological polar surface area (TPSA) is 69.9 Å². The van der Waals surface area contributed by atoms with E-state index in [1.165, 1.54) is 11.8 Å². The first kappa shape index (κ1) is 16.5. The first-order valence-corrected chi connectivity index (χ1v) is 9.42. The Bertz CT molecular complexity index is 1050. The summed E-state index contributed by atoms with van der Waals surface area (Å²) in [6.45, 7) is 1.87. The van der Waals surface area contributed by atoms with Gasteiger partial charge >= 0.3 is 11.3 Å². The highest BCUT2D eigenvalue weighted by Crippen LogP contribution is 2.35. The Balaban J connectivity index is 1.95. The third kappa shape index (κ3) is 2.52. The highest BCUT2D eigenvalue weighted by Gasteiger charge is 2.42. The quantitative estimate of drug-likeness (QED) is 0.560. The Morgan fingerprint density at radius 1 is 1.15 bits per heavy atom. The van der Waals surface area contributed by atoms with Crippen molar-refractivity contribution in [1.29, 1.82) is 0 Å². The predicted octanol–water partition coefficient (Wildman–Crippen LogP) is 2.63. The number of fused-ring (bicyclic) bond motifs is 3. The van der Waals surface area contributed by atoms with Gasteiger partial charge in [0.25, 0.3) is 12.1 Å². The molecule has 1 aliphatic heterocycles. The number of H-pyrrole nitrogens is 1. The highest BCUT2D eigenvalue weighted by molar-refractivity contribution is 7.98. The lowest BCUT2D eigenvalue weighted by molar-refractivity contribution is -0.768. The Morgan fingerprint density at radius 2 is 1.85 bits per heavy atom. The summed E-state index contributed by atoms with van der Waals surface area (Å²) < 4.78 is 1.63. The Hall–Kier alpha value is -2.93. The monoisotopic (exact) mass is 365 g/mol. The number of aromatic amines is 1. The first-order chi connectivity index (χ1) is 12.6. The van der Waals surface area contributed by atoms with Crippen LogP contribution in [0.25, 0.3) is 11.3 Å². The summed E-state index contributed by atoms with van der Waals surface area (Å²) in [6.07, 6.45) is 1.42. The minimum Gasteiger partial charge on any atom is -0.291 e. The average Bonchev–Trinajstić information content (AvgIpc) is 2.68. The van der Waals surface area contributed by atoms with Gasteiger partial charge in [-0.1, -0.05) is 46.8 Å². The number of rotatable bonds is 2. The molecule has 0 saturated carbocycles. The summed E-state index contributed by atoms with van der Waals surface area (Å²) in [6, 6.07) is 16.5. The predicted molar refractivity (Wildman–Crippen MR) is 100 cm³/mol. The summed E-state index contributed by atoms with van der Waals surface area (Å²) >= 11 is 1.35. The first-order valence-electron chi connectivity index (χ1n) is 8.20. The maximum atomic E-state index is 13.2. The summed E-state index contributed by atoms with van der Waals surface area (Å²) in [4.78, 5) is 30.4. The van der Waals surface area contributed by atoms with Crippen molar-refractivity contribution in [2.45, 2.75) is 18.2 Å². The van der Waals surface area contributed by atoms with Gasteiger partial charge in [0.15, 0.2) is 0 Å². The number of nitrogens with zero attached hydrogens (tertiary/aromatic N) is 3. The molecule has 0 aliphatic carbocycles. The molecular weight excluding hydrogens is 348 g/mol. The molecule has 1 atom stereocenters. The number of para-hydroxylation sites is 1. The number of carbonyl (C=O) groups excluding carboxylic acids is 1. The Morgan fingerprint density at radius 3 is 2.58 bits per heavy atom. The SMILES string of the molecule is CSc1n[n+]2c(c(=O)[nH]1)-c1ccccc1N(C(=O)c1ccccc1)[C@@H]2C. The van der Waals surface area contributed by atoms with E-state index in [1.807, 2.05) is 55.6 Å². The lowest BCUT2D eigenvalue weighted by Crippen LogP contribution is -2.59. The van der Waals surface area contributed by atoms with Crippen LogP contribution in [0.2, 0.25) is 0 Å². The van der Waals surface area contributed by atoms with E-state index in [2.05, 4.69) is 10.1 Å². The normalized spacial score (nSPS) is 15.3. The molecule has 1 aromatic heterocycles. The summed E-state index contributed by atoms with van der Waals surface area (Å²) in [5.41, 5.74) is 2.24. The van der Waals surface area contributed by atoms with E-state index in [0.717, 1.165) is 0 Å². The van der Waals surface area contributed by atoms with Crippen LogP contribution in [0.1, 0.15) is 23.4 Å². The average molecular weight is 365 g/mol. The molecular formula is C19H17N4O2S+. The minimum atomic E-state index is -0.430. The minimum absolute atomic E-state index is 0.128. The molecule has 7 heteroatoms. The Labute approximate surface area is 154 Å². The lowest BCUT2D eigenvalue weighted by atomic mass is 10.0. The molecule has 0 radical (unpaired) electrons. The molecule has 2 heterocycles. The van der Waals surface area contributed by atoms with Crippen LogP contribution in [0.3, 0.4) is 0 Å². The van der Waals surface area contributed by atoms with E-state index in [4.69, 9.17) is 0 Å². The van der Waals surface area contributed by atoms with Crippen molar-refractivity contribution in [1.82, 2.24) is 10.1 Å². The fourth-order valence-corrected chi connectivity index (χ4v) is 3.60. The van der Waals surface area contributed by atoms with Gasteiger partial charge in [0.05, 0.1) is 11.3 Å². The molecule has 1 amide bonds. The van der Waals surface area contributed by atoms with Crippen molar-refractivity contribution < 1.29 is 9.48 Å². The van der Waals surface area contributed by atoms with Gasteiger partial charge in [-0.3, -0.25) is 14.6 Å². The number of benzene rings is 2. The van der Waals surface area contributed by atoms with Crippen molar-refractivity contribution in [3.63, 3.8) is 0 Å². The van der Waals surface area contributed by atoms with Gasteiger partial charge in [-0.15, -0.1) is 0 Å². The second-order valence-corrected chi connectivity index (χ2v) is 6.74. The van der Waals surface area contributed by atoms with E-state index < -0.39 is 6.17 Å². The fourth-order valence-electron chi connectivity index (χ4n) is 3.23. The second-order valence-electron chi connectivity index (χ2n) is 5.95. The van der Waals surface area contributed by atoms with Crippen LogP contribution in [0.4, 0.5) is 5.69 Å². The number of thioether (sulfide) groups is 1. The second kappa shape index (κ2) is 6.42. The molecule has 2 aromatic carbocycles. The van der Waals surface area contributed by atoms with Crippen LogP contribution in [0.5, 0.6) is 0 Å². The third-order valence-electron chi connectivity index (χ3n) is 4.44. The smallest absolute Gasteiger partial charge is 0.291 e. The van der Waals surface area contributed by atoms with Gasteiger partial charge in [-0.2, -0.15) is 0 Å². The molecule has 130 valence electrons. The zero-order valence-corrected chi connectivity index (χ0v) is 15.2. The molecule has 0 unspecified atom stereocenters. The molecule has 3 aromatic rings. The van der Waals surface area contributed by atoms with Gasteiger partial charge in [0.2, 0.25) is 5.16 Å². The van der Waals surface area contributed by atoms with E-state index in [-0.39, 0.29) is 11.5 Å². The van der Waals surface area contributed by atoms with Crippen molar-refractivity contribution >= 4 is 23.4 Å². The third-order valence-corrected chi connectivity index (χ3v) is 5.01. The van der Waals surface area contributed by atoms with Crippen LogP contribution in [0, 0.1) is 0 Å². The van der Waals surface area contributed by atoms with Crippen LogP contribution in [-0.2, 0) is 0 Å².